The Morgan fingerprint density at radius 3 is 2.73 bits per heavy atom. The second-order valence-electron chi connectivity index (χ2n) is 3.72. The van der Waals surface area contributed by atoms with E-state index in [0.29, 0.717) is 5.96 Å². The topological polar surface area (TPSA) is 50.4 Å². The number of benzene rings is 1. The molecule has 0 aromatic heterocycles. The quantitative estimate of drug-likeness (QED) is 0.641. The van der Waals surface area contributed by atoms with Crippen molar-refractivity contribution < 1.29 is 0 Å². The van der Waals surface area contributed by atoms with E-state index < -0.39 is 0 Å². The van der Waals surface area contributed by atoms with Gasteiger partial charge in [0, 0.05) is 10.5 Å². The van der Waals surface area contributed by atoms with Crippen LogP contribution in [0.15, 0.2) is 27.7 Å². The summed E-state index contributed by atoms with van der Waals surface area (Å²) in [5.41, 5.74) is 7.86. The van der Waals surface area contributed by atoms with Gasteiger partial charge in [0.15, 0.2) is 5.96 Å². The number of nitrogens with one attached hydrogen (secondary N) is 1. The first-order valence-corrected chi connectivity index (χ1v) is 5.65. The Kier molecular flexibility index (Phi) is 4.15. The van der Waals surface area contributed by atoms with E-state index in [1.807, 2.05) is 39.0 Å². The Labute approximate surface area is 98.9 Å². The van der Waals surface area contributed by atoms with Crippen molar-refractivity contribution in [3.05, 3.63) is 28.2 Å². The van der Waals surface area contributed by atoms with Gasteiger partial charge in [-0.15, -0.1) is 0 Å². The van der Waals surface area contributed by atoms with Gasteiger partial charge >= 0.3 is 0 Å². The smallest absolute Gasteiger partial charge is 0.193 e. The zero-order valence-electron chi connectivity index (χ0n) is 9.21. The van der Waals surface area contributed by atoms with Gasteiger partial charge in [-0.1, -0.05) is 6.07 Å². The summed E-state index contributed by atoms with van der Waals surface area (Å²) >= 11 is 3.45. The van der Waals surface area contributed by atoms with Gasteiger partial charge in [0.25, 0.3) is 0 Å². The molecule has 0 saturated heterocycles. The first-order chi connectivity index (χ1) is 6.99. The fourth-order valence-corrected chi connectivity index (χ4v) is 1.53. The van der Waals surface area contributed by atoms with E-state index in [9.17, 15) is 0 Å². The second-order valence-corrected chi connectivity index (χ2v) is 4.57. The Balaban J connectivity index is 2.85. The molecule has 1 aromatic rings. The van der Waals surface area contributed by atoms with Crippen LogP contribution in [-0.4, -0.2) is 12.0 Å². The SMILES string of the molecule is Cc1ccc(Br)c(NC(N)=NC(C)C)c1. The van der Waals surface area contributed by atoms with E-state index in [2.05, 4.69) is 26.2 Å². The Hall–Kier alpha value is -1.03. The van der Waals surface area contributed by atoms with Gasteiger partial charge < -0.3 is 11.1 Å². The third kappa shape index (κ3) is 3.91. The van der Waals surface area contributed by atoms with Crippen LogP contribution in [0.2, 0.25) is 0 Å². The monoisotopic (exact) mass is 269 g/mol. The van der Waals surface area contributed by atoms with E-state index in [1.165, 1.54) is 5.56 Å². The molecule has 3 nitrogen and oxygen atoms in total. The number of nitrogens with two attached hydrogens (primary N) is 1. The van der Waals surface area contributed by atoms with Crippen LogP contribution in [0, 0.1) is 6.92 Å². The highest BCUT2D eigenvalue weighted by molar-refractivity contribution is 9.10. The predicted molar refractivity (Wildman–Crippen MR) is 69.3 cm³/mol. The molecule has 4 heteroatoms. The summed E-state index contributed by atoms with van der Waals surface area (Å²) in [6, 6.07) is 6.24. The molecule has 0 fully saturated rings. The Morgan fingerprint density at radius 1 is 1.47 bits per heavy atom. The Bertz CT molecular complexity index is 372. The van der Waals surface area contributed by atoms with Crippen molar-refractivity contribution in [1.82, 2.24) is 0 Å². The molecule has 0 heterocycles. The minimum atomic E-state index is 0.195. The number of guanidine groups is 1. The van der Waals surface area contributed by atoms with Crippen LogP contribution >= 0.6 is 15.9 Å². The molecule has 0 saturated carbocycles. The lowest BCUT2D eigenvalue weighted by atomic mass is 10.2. The molecular formula is C11H16BrN3. The van der Waals surface area contributed by atoms with Crippen LogP contribution in [0.25, 0.3) is 0 Å². The van der Waals surface area contributed by atoms with E-state index in [1.54, 1.807) is 0 Å². The standard InChI is InChI=1S/C11H16BrN3/c1-7(2)14-11(13)15-10-6-8(3)4-5-9(10)12/h4-7H,1-3H3,(H3,13,14,15). The molecule has 15 heavy (non-hydrogen) atoms. The van der Waals surface area contributed by atoms with Crippen molar-refractivity contribution in [2.24, 2.45) is 10.7 Å². The van der Waals surface area contributed by atoms with Crippen molar-refractivity contribution in [2.45, 2.75) is 26.8 Å². The van der Waals surface area contributed by atoms with Gasteiger partial charge in [-0.05, 0) is 54.4 Å². The molecule has 82 valence electrons. The fraction of sp³-hybridized carbons (Fsp3) is 0.364. The summed E-state index contributed by atoms with van der Waals surface area (Å²) in [5.74, 6) is 0.441. The summed E-state index contributed by atoms with van der Waals surface area (Å²) in [6.07, 6.45) is 0. The number of rotatable bonds is 2. The minimum Gasteiger partial charge on any atom is -0.370 e. The van der Waals surface area contributed by atoms with E-state index in [0.717, 1.165) is 10.2 Å². The molecule has 3 N–H and O–H groups in total. The van der Waals surface area contributed by atoms with E-state index in [4.69, 9.17) is 5.73 Å². The fourth-order valence-electron chi connectivity index (χ4n) is 1.18. The highest BCUT2D eigenvalue weighted by atomic mass is 79.9. The first-order valence-electron chi connectivity index (χ1n) is 4.85. The van der Waals surface area contributed by atoms with Crippen LogP contribution < -0.4 is 11.1 Å². The van der Waals surface area contributed by atoms with E-state index in [-0.39, 0.29) is 6.04 Å². The van der Waals surface area contributed by atoms with Crippen LogP contribution in [0.1, 0.15) is 19.4 Å². The maximum atomic E-state index is 5.74. The number of aliphatic imine (C=N–C) groups is 1. The lowest BCUT2D eigenvalue weighted by molar-refractivity contribution is 0.833. The largest absolute Gasteiger partial charge is 0.370 e. The van der Waals surface area contributed by atoms with Crippen LogP contribution in [0.5, 0.6) is 0 Å². The van der Waals surface area contributed by atoms with Crippen molar-refractivity contribution in [1.29, 1.82) is 0 Å². The molecule has 0 aliphatic rings. The van der Waals surface area contributed by atoms with Crippen molar-refractivity contribution in [2.75, 3.05) is 5.32 Å². The minimum absolute atomic E-state index is 0.195. The summed E-state index contributed by atoms with van der Waals surface area (Å²) in [5, 5.41) is 3.06. The first kappa shape index (κ1) is 12.0. The van der Waals surface area contributed by atoms with Crippen LogP contribution in [0.4, 0.5) is 5.69 Å². The number of hydrogen-bond acceptors (Lipinski definition) is 1. The van der Waals surface area contributed by atoms with E-state index >= 15 is 0 Å². The Morgan fingerprint density at radius 2 is 2.13 bits per heavy atom. The number of aryl methyl sites for hydroxylation is 1. The average molecular weight is 270 g/mol. The summed E-state index contributed by atoms with van der Waals surface area (Å²) in [6.45, 7) is 6.01. The van der Waals surface area contributed by atoms with Gasteiger partial charge in [-0.3, -0.25) is 4.99 Å². The lowest BCUT2D eigenvalue weighted by Crippen LogP contribution is -2.24. The molecule has 0 bridgehead atoms. The average Bonchev–Trinajstić information content (AvgIpc) is 2.10. The maximum Gasteiger partial charge on any atom is 0.193 e. The van der Waals surface area contributed by atoms with Crippen molar-refractivity contribution in [3.63, 3.8) is 0 Å². The number of hydrogen-bond donors (Lipinski definition) is 2. The normalized spacial score (nSPS) is 11.9. The molecule has 0 amide bonds. The second kappa shape index (κ2) is 5.16. The van der Waals surface area contributed by atoms with Gasteiger partial charge in [0.2, 0.25) is 0 Å². The zero-order valence-corrected chi connectivity index (χ0v) is 10.8. The number of halogens is 1. The highest BCUT2D eigenvalue weighted by Gasteiger charge is 2.01. The molecule has 0 atom stereocenters. The molecule has 1 rings (SSSR count). The number of nitrogens with zero attached hydrogens (tertiary/aromatic N) is 1. The maximum absolute atomic E-state index is 5.74. The summed E-state index contributed by atoms with van der Waals surface area (Å²) in [7, 11) is 0. The third-order valence-corrected chi connectivity index (χ3v) is 2.47. The lowest BCUT2D eigenvalue weighted by Gasteiger charge is -2.09. The van der Waals surface area contributed by atoms with Crippen LogP contribution in [-0.2, 0) is 0 Å². The van der Waals surface area contributed by atoms with Crippen molar-refractivity contribution >= 4 is 27.6 Å². The molecular weight excluding hydrogens is 254 g/mol. The van der Waals surface area contributed by atoms with Gasteiger partial charge in [0.05, 0.1) is 5.69 Å². The van der Waals surface area contributed by atoms with Gasteiger partial charge in [0.1, 0.15) is 0 Å². The summed E-state index contributed by atoms with van der Waals surface area (Å²) < 4.78 is 0.981. The molecule has 0 unspecified atom stereocenters. The third-order valence-electron chi connectivity index (χ3n) is 1.78. The highest BCUT2D eigenvalue weighted by Crippen LogP contribution is 2.22. The number of anilines is 1. The van der Waals surface area contributed by atoms with Crippen LogP contribution in [0.3, 0.4) is 0 Å². The van der Waals surface area contributed by atoms with Gasteiger partial charge in [-0.25, -0.2) is 0 Å². The summed E-state index contributed by atoms with van der Waals surface area (Å²) in [4.78, 5) is 4.21. The predicted octanol–water partition coefficient (Wildman–Crippen LogP) is 2.89. The zero-order chi connectivity index (χ0) is 11.4. The van der Waals surface area contributed by atoms with Crippen molar-refractivity contribution in [3.8, 4) is 0 Å². The molecule has 1 aromatic carbocycles. The molecule has 0 aliphatic heterocycles. The van der Waals surface area contributed by atoms with Gasteiger partial charge in [-0.2, -0.15) is 0 Å². The molecule has 0 radical (unpaired) electrons. The molecule has 0 spiro atoms. The molecule has 0 aliphatic carbocycles.